The Morgan fingerprint density at radius 1 is 1.14 bits per heavy atom. The number of rotatable bonds is 11. The highest BCUT2D eigenvalue weighted by Crippen LogP contribution is 2.37. The zero-order valence-electron chi connectivity index (χ0n) is 20.8. The van der Waals surface area contributed by atoms with E-state index in [4.69, 9.17) is 15.2 Å². The summed E-state index contributed by atoms with van der Waals surface area (Å²) in [6, 6.07) is 7.86. The quantitative estimate of drug-likeness (QED) is 0.364. The fraction of sp³-hybridized carbons (Fsp3) is 0.385. The van der Waals surface area contributed by atoms with E-state index in [0.717, 1.165) is 6.07 Å². The number of hydrogen-bond donors (Lipinski definition) is 2. The van der Waals surface area contributed by atoms with E-state index >= 15 is 0 Å². The molecule has 37 heavy (non-hydrogen) atoms. The van der Waals surface area contributed by atoms with Crippen LogP contribution >= 0.6 is 0 Å². The van der Waals surface area contributed by atoms with E-state index < -0.39 is 29.1 Å². The second-order valence-corrected chi connectivity index (χ2v) is 8.72. The maximum Gasteiger partial charge on any atom is 0.417 e. The maximum atomic E-state index is 13.8. The number of pyridine rings is 1. The third kappa shape index (κ3) is 7.63. The van der Waals surface area contributed by atoms with E-state index in [2.05, 4.69) is 15.0 Å². The molecule has 8 nitrogen and oxygen atoms in total. The van der Waals surface area contributed by atoms with Crippen LogP contribution in [0.3, 0.4) is 0 Å². The van der Waals surface area contributed by atoms with Gasteiger partial charge in [0.15, 0.2) is 0 Å². The van der Waals surface area contributed by atoms with Gasteiger partial charge >= 0.3 is 6.18 Å². The lowest BCUT2D eigenvalue weighted by atomic mass is 9.93. The molecule has 1 unspecified atom stereocenters. The summed E-state index contributed by atoms with van der Waals surface area (Å²) < 4.78 is 52.4. The van der Waals surface area contributed by atoms with Crippen LogP contribution < -0.4 is 16.0 Å². The largest absolute Gasteiger partial charge is 0.475 e. The Morgan fingerprint density at radius 3 is 2.49 bits per heavy atom. The highest BCUT2D eigenvalue weighted by molar-refractivity contribution is 5.77. The summed E-state index contributed by atoms with van der Waals surface area (Å²) in [7, 11) is 0. The molecule has 1 atom stereocenters. The molecule has 0 bridgehead atoms. The number of nitrogens with two attached hydrogens (primary N) is 1. The minimum atomic E-state index is -4.70. The molecule has 11 heteroatoms. The van der Waals surface area contributed by atoms with Crippen molar-refractivity contribution in [1.29, 1.82) is 0 Å². The Morgan fingerprint density at radius 2 is 1.89 bits per heavy atom. The van der Waals surface area contributed by atoms with E-state index in [0.29, 0.717) is 36.6 Å². The summed E-state index contributed by atoms with van der Waals surface area (Å²) in [5.74, 6) is -1.00. The number of H-pyrrole nitrogens is 1. The van der Waals surface area contributed by atoms with Gasteiger partial charge in [0.05, 0.1) is 24.0 Å². The molecule has 0 fully saturated rings. The molecule has 1 amide bonds. The number of hydrogen-bond acceptors (Lipinski definition) is 6. The van der Waals surface area contributed by atoms with Gasteiger partial charge in [-0.2, -0.15) is 13.2 Å². The molecule has 0 aliphatic carbocycles. The number of aromatic nitrogens is 3. The van der Waals surface area contributed by atoms with Crippen LogP contribution in [0.2, 0.25) is 0 Å². The van der Waals surface area contributed by atoms with Gasteiger partial charge in [0.2, 0.25) is 11.8 Å². The highest BCUT2D eigenvalue weighted by atomic mass is 19.4. The van der Waals surface area contributed by atoms with E-state index in [1.54, 1.807) is 19.1 Å². The SMILES string of the molecule is CCC(Cc1ccc(C(F)(F)F)c(-c2nc(-c3ccc(OCCOC(C)C)nc3)cc(=O)[nH]2)c1)C(N)=O. The first-order valence-corrected chi connectivity index (χ1v) is 11.8. The number of amides is 1. The molecule has 3 rings (SSSR count). The van der Waals surface area contributed by atoms with Gasteiger partial charge in [0.25, 0.3) is 5.56 Å². The average Bonchev–Trinajstić information content (AvgIpc) is 2.84. The molecule has 0 aliphatic heterocycles. The maximum absolute atomic E-state index is 13.8. The lowest BCUT2D eigenvalue weighted by molar-refractivity contribution is -0.137. The van der Waals surface area contributed by atoms with E-state index in [-0.39, 0.29) is 29.6 Å². The van der Waals surface area contributed by atoms with Gasteiger partial charge in [-0.15, -0.1) is 0 Å². The number of aromatic amines is 1. The number of carbonyl (C=O) groups is 1. The molecule has 3 N–H and O–H groups in total. The molecule has 0 aliphatic rings. The number of halogens is 3. The van der Waals surface area contributed by atoms with Crippen LogP contribution in [0.1, 0.15) is 38.3 Å². The Kier molecular flexibility index (Phi) is 9.04. The third-order valence-electron chi connectivity index (χ3n) is 5.58. The molecule has 198 valence electrons. The second kappa shape index (κ2) is 12.0. The Hall–Kier alpha value is -3.73. The van der Waals surface area contributed by atoms with Crippen molar-refractivity contribution in [3.05, 3.63) is 64.1 Å². The zero-order chi connectivity index (χ0) is 27.2. The van der Waals surface area contributed by atoms with Crippen molar-refractivity contribution in [2.45, 2.75) is 45.9 Å². The molecule has 2 aromatic heterocycles. The molecule has 0 saturated carbocycles. The number of primary amides is 1. The molecule has 0 radical (unpaired) electrons. The molecular formula is C26H29F3N4O4. The smallest absolute Gasteiger partial charge is 0.417 e. The van der Waals surface area contributed by atoms with E-state index in [9.17, 15) is 22.8 Å². The standard InChI is InChI=1S/C26H29F3N4O4/c1-4-17(24(30)35)11-16-5-7-20(26(27,28)29)19(12-16)25-32-21(13-22(34)33-25)18-6-8-23(31-14-18)37-10-9-36-15(2)3/h5-8,12-15,17H,4,9-11H2,1-3H3,(H2,30,35)(H,32,33,34). The van der Waals surface area contributed by atoms with Crippen molar-refractivity contribution in [3.8, 4) is 28.5 Å². The average molecular weight is 519 g/mol. The molecule has 0 spiro atoms. The Bertz CT molecular complexity index is 1270. The van der Waals surface area contributed by atoms with Crippen LogP contribution in [0.4, 0.5) is 13.2 Å². The lowest BCUT2D eigenvalue weighted by Crippen LogP contribution is -2.24. The van der Waals surface area contributed by atoms with Crippen molar-refractivity contribution >= 4 is 5.91 Å². The van der Waals surface area contributed by atoms with Gasteiger partial charge in [0, 0.05) is 35.4 Å². The van der Waals surface area contributed by atoms with Gasteiger partial charge in [-0.25, -0.2) is 9.97 Å². The number of benzene rings is 1. The van der Waals surface area contributed by atoms with Crippen LogP contribution in [-0.2, 0) is 22.1 Å². The van der Waals surface area contributed by atoms with Crippen molar-refractivity contribution in [1.82, 2.24) is 15.0 Å². The van der Waals surface area contributed by atoms with E-state index in [1.807, 2.05) is 13.8 Å². The first-order chi connectivity index (χ1) is 17.5. The first kappa shape index (κ1) is 27.9. The van der Waals surface area contributed by atoms with Crippen molar-refractivity contribution in [2.75, 3.05) is 13.2 Å². The first-order valence-electron chi connectivity index (χ1n) is 11.8. The summed E-state index contributed by atoms with van der Waals surface area (Å²) in [5.41, 5.74) is 4.53. The van der Waals surface area contributed by atoms with Gasteiger partial charge in [0.1, 0.15) is 12.4 Å². The molecular weight excluding hydrogens is 489 g/mol. The van der Waals surface area contributed by atoms with Gasteiger partial charge in [-0.3, -0.25) is 9.59 Å². The summed E-state index contributed by atoms with van der Waals surface area (Å²) in [6.07, 6.45) is -2.60. The van der Waals surface area contributed by atoms with Crippen molar-refractivity contribution in [2.24, 2.45) is 11.7 Å². The monoisotopic (exact) mass is 518 g/mol. The topological polar surface area (TPSA) is 120 Å². The fourth-order valence-electron chi connectivity index (χ4n) is 3.67. The number of nitrogens with zero attached hydrogens (tertiary/aromatic N) is 2. The van der Waals surface area contributed by atoms with Crippen LogP contribution in [-0.4, -0.2) is 40.2 Å². The van der Waals surface area contributed by atoms with Gasteiger partial charge in [-0.1, -0.05) is 13.0 Å². The number of ether oxygens (including phenoxy) is 2. The zero-order valence-corrected chi connectivity index (χ0v) is 20.8. The summed E-state index contributed by atoms with van der Waals surface area (Å²) in [5, 5.41) is 0. The van der Waals surface area contributed by atoms with Crippen LogP contribution in [0.25, 0.3) is 22.6 Å². The Balaban J connectivity index is 1.95. The highest BCUT2D eigenvalue weighted by Gasteiger charge is 2.34. The van der Waals surface area contributed by atoms with Gasteiger partial charge in [-0.05, 0) is 50.5 Å². The number of carbonyl (C=O) groups excluding carboxylic acids is 1. The summed E-state index contributed by atoms with van der Waals surface area (Å²) in [4.78, 5) is 34.9. The van der Waals surface area contributed by atoms with Crippen LogP contribution in [0.15, 0.2) is 47.4 Å². The number of nitrogens with one attached hydrogen (secondary N) is 1. The van der Waals surface area contributed by atoms with Crippen LogP contribution in [0.5, 0.6) is 5.88 Å². The fourth-order valence-corrected chi connectivity index (χ4v) is 3.67. The Labute approximate surface area is 212 Å². The van der Waals surface area contributed by atoms with E-state index in [1.165, 1.54) is 24.4 Å². The van der Waals surface area contributed by atoms with Crippen LogP contribution in [0, 0.1) is 5.92 Å². The molecule has 1 aromatic carbocycles. The molecule has 3 aromatic rings. The minimum absolute atomic E-state index is 0.0742. The minimum Gasteiger partial charge on any atom is -0.475 e. The predicted molar refractivity (Wildman–Crippen MR) is 132 cm³/mol. The normalized spacial score (nSPS) is 12.5. The lowest BCUT2D eigenvalue weighted by Gasteiger charge is -2.16. The number of alkyl halides is 3. The molecule has 2 heterocycles. The third-order valence-corrected chi connectivity index (χ3v) is 5.58. The summed E-state index contributed by atoms with van der Waals surface area (Å²) in [6.45, 7) is 6.27. The van der Waals surface area contributed by atoms with Gasteiger partial charge < -0.3 is 20.2 Å². The second-order valence-electron chi connectivity index (χ2n) is 8.72. The van der Waals surface area contributed by atoms with Crippen molar-refractivity contribution in [3.63, 3.8) is 0 Å². The predicted octanol–water partition coefficient (Wildman–Crippen LogP) is 4.38. The summed E-state index contributed by atoms with van der Waals surface area (Å²) >= 11 is 0. The van der Waals surface area contributed by atoms with Crippen molar-refractivity contribution < 1.29 is 27.4 Å². The molecule has 0 saturated heterocycles.